The maximum Gasteiger partial charge on any atom is 0.253 e. The van der Waals surface area contributed by atoms with E-state index in [1.165, 1.54) is 10.4 Å². The molecule has 0 spiro atoms. The monoisotopic (exact) mass is 371 g/mol. The fourth-order valence-electron chi connectivity index (χ4n) is 3.24. The van der Waals surface area contributed by atoms with Crippen molar-refractivity contribution >= 4 is 28.8 Å². The van der Waals surface area contributed by atoms with Crippen LogP contribution in [-0.2, 0) is 17.8 Å². The van der Waals surface area contributed by atoms with Gasteiger partial charge in [0.2, 0.25) is 5.91 Å². The maximum absolute atomic E-state index is 12.3. The number of nitrogens with zero attached hydrogens (tertiary/aromatic N) is 2. The average molecular weight is 372 g/mol. The Kier molecular flexibility index (Phi) is 6.06. The zero-order valence-electron chi connectivity index (χ0n) is 15.3. The van der Waals surface area contributed by atoms with Gasteiger partial charge in [0.05, 0.1) is 6.54 Å². The van der Waals surface area contributed by atoms with E-state index in [4.69, 9.17) is 0 Å². The van der Waals surface area contributed by atoms with Crippen LogP contribution in [0.15, 0.2) is 35.7 Å². The number of rotatable bonds is 6. The van der Waals surface area contributed by atoms with Crippen LogP contribution in [0.2, 0.25) is 0 Å². The molecule has 0 unspecified atom stereocenters. The van der Waals surface area contributed by atoms with Crippen molar-refractivity contribution in [3.63, 3.8) is 0 Å². The number of anilines is 1. The Bertz CT molecular complexity index is 766. The van der Waals surface area contributed by atoms with Gasteiger partial charge in [0.1, 0.15) is 0 Å². The highest BCUT2D eigenvalue weighted by molar-refractivity contribution is 7.10. The summed E-state index contributed by atoms with van der Waals surface area (Å²) in [5, 5.41) is 5.05. The zero-order valence-corrected chi connectivity index (χ0v) is 16.1. The topological polar surface area (TPSA) is 52.7 Å². The fourth-order valence-corrected chi connectivity index (χ4v) is 4.12. The molecular weight excluding hydrogens is 346 g/mol. The van der Waals surface area contributed by atoms with Crippen LogP contribution in [-0.4, -0.2) is 47.8 Å². The van der Waals surface area contributed by atoms with Gasteiger partial charge in [-0.3, -0.25) is 14.5 Å². The first-order valence-corrected chi connectivity index (χ1v) is 9.95. The smallest absolute Gasteiger partial charge is 0.253 e. The lowest BCUT2D eigenvalue weighted by Crippen LogP contribution is -2.36. The molecule has 0 radical (unpaired) electrons. The first-order chi connectivity index (χ1) is 12.6. The average Bonchev–Trinajstić information content (AvgIpc) is 3.11. The summed E-state index contributed by atoms with van der Waals surface area (Å²) in [6.45, 7) is 7.45. The highest BCUT2D eigenvalue weighted by Gasteiger charge is 2.19. The van der Waals surface area contributed by atoms with Gasteiger partial charge < -0.3 is 10.2 Å². The SMILES string of the molecule is CCN(CC)C(=O)c1ccc(NC(=O)CN2CCc3sccc3C2)cc1. The van der Waals surface area contributed by atoms with E-state index in [2.05, 4.69) is 21.7 Å². The van der Waals surface area contributed by atoms with Crippen molar-refractivity contribution in [1.82, 2.24) is 9.80 Å². The Morgan fingerprint density at radius 1 is 1.15 bits per heavy atom. The van der Waals surface area contributed by atoms with Crippen LogP contribution in [0.1, 0.15) is 34.6 Å². The molecule has 6 heteroatoms. The summed E-state index contributed by atoms with van der Waals surface area (Å²) in [5.74, 6) is -0.000686. The van der Waals surface area contributed by atoms with Crippen LogP contribution in [0.5, 0.6) is 0 Å². The standard InChI is InChI=1S/C20H25N3O2S/c1-3-23(4-2)20(25)15-5-7-17(8-6-15)21-19(24)14-22-11-9-18-16(13-22)10-12-26-18/h5-8,10,12H,3-4,9,11,13-14H2,1-2H3,(H,21,24). The van der Waals surface area contributed by atoms with E-state index >= 15 is 0 Å². The fraction of sp³-hybridized carbons (Fsp3) is 0.400. The molecule has 0 fully saturated rings. The van der Waals surface area contributed by atoms with E-state index in [0.717, 1.165) is 25.2 Å². The van der Waals surface area contributed by atoms with Crippen LogP contribution in [0, 0.1) is 0 Å². The molecule has 1 aliphatic rings. The summed E-state index contributed by atoms with van der Waals surface area (Å²) >= 11 is 1.80. The highest BCUT2D eigenvalue weighted by Crippen LogP contribution is 2.23. The number of hydrogen-bond donors (Lipinski definition) is 1. The molecule has 26 heavy (non-hydrogen) atoms. The number of fused-ring (bicyclic) bond motifs is 1. The molecule has 3 rings (SSSR count). The van der Waals surface area contributed by atoms with Gasteiger partial charge in [0, 0.05) is 42.3 Å². The van der Waals surface area contributed by atoms with Crippen LogP contribution < -0.4 is 5.32 Å². The summed E-state index contributed by atoms with van der Waals surface area (Å²) < 4.78 is 0. The molecule has 0 saturated carbocycles. The lowest BCUT2D eigenvalue weighted by molar-refractivity contribution is -0.117. The third-order valence-corrected chi connectivity index (χ3v) is 5.74. The molecule has 0 bridgehead atoms. The normalized spacial score (nSPS) is 13.9. The largest absolute Gasteiger partial charge is 0.339 e. The second kappa shape index (κ2) is 8.47. The molecule has 0 aliphatic carbocycles. The molecule has 0 saturated heterocycles. The van der Waals surface area contributed by atoms with Gasteiger partial charge >= 0.3 is 0 Å². The summed E-state index contributed by atoms with van der Waals surface area (Å²) in [5.41, 5.74) is 2.71. The van der Waals surface area contributed by atoms with E-state index in [1.54, 1.807) is 40.5 Å². The van der Waals surface area contributed by atoms with E-state index in [9.17, 15) is 9.59 Å². The van der Waals surface area contributed by atoms with Crippen molar-refractivity contribution < 1.29 is 9.59 Å². The highest BCUT2D eigenvalue weighted by atomic mass is 32.1. The summed E-state index contributed by atoms with van der Waals surface area (Å²) in [6.07, 6.45) is 1.02. The summed E-state index contributed by atoms with van der Waals surface area (Å²) in [7, 11) is 0. The van der Waals surface area contributed by atoms with Crippen molar-refractivity contribution in [3.05, 3.63) is 51.7 Å². The van der Waals surface area contributed by atoms with Gasteiger partial charge in [-0.1, -0.05) is 0 Å². The number of thiophene rings is 1. The predicted octanol–water partition coefficient (Wildman–Crippen LogP) is 3.23. The maximum atomic E-state index is 12.3. The minimum atomic E-state index is -0.0218. The first-order valence-electron chi connectivity index (χ1n) is 9.07. The Hall–Kier alpha value is -2.18. The van der Waals surface area contributed by atoms with Gasteiger partial charge in [-0.15, -0.1) is 11.3 Å². The number of carbonyl (C=O) groups is 2. The number of carbonyl (C=O) groups excluding carboxylic acids is 2. The lowest BCUT2D eigenvalue weighted by Gasteiger charge is -2.26. The van der Waals surface area contributed by atoms with Crippen molar-refractivity contribution in [1.29, 1.82) is 0 Å². The second-order valence-corrected chi connectivity index (χ2v) is 7.43. The van der Waals surface area contributed by atoms with E-state index < -0.39 is 0 Å². The number of amides is 2. The van der Waals surface area contributed by atoms with Crippen LogP contribution in [0.25, 0.3) is 0 Å². The Balaban J connectivity index is 1.54. The Morgan fingerprint density at radius 3 is 2.58 bits per heavy atom. The molecule has 2 amide bonds. The van der Waals surface area contributed by atoms with Crippen molar-refractivity contribution in [2.24, 2.45) is 0 Å². The Labute approximate surface area is 158 Å². The minimum absolute atomic E-state index is 0.0211. The molecule has 2 heterocycles. The van der Waals surface area contributed by atoms with Crippen molar-refractivity contribution in [2.75, 3.05) is 31.5 Å². The van der Waals surface area contributed by atoms with E-state index in [1.807, 2.05) is 13.8 Å². The summed E-state index contributed by atoms with van der Waals surface area (Å²) in [4.78, 5) is 30.0. The quantitative estimate of drug-likeness (QED) is 0.848. The van der Waals surface area contributed by atoms with Gasteiger partial charge in [0.25, 0.3) is 5.91 Å². The van der Waals surface area contributed by atoms with E-state index in [0.29, 0.717) is 25.2 Å². The minimum Gasteiger partial charge on any atom is -0.339 e. The summed E-state index contributed by atoms with van der Waals surface area (Å²) in [6, 6.07) is 9.28. The number of nitrogens with one attached hydrogen (secondary N) is 1. The predicted molar refractivity (Wildman–Crippen MR) is 106 cm³/mol. The third kappa shape index (κ3) is 4.31. The van der Waals surface area contributed by atoms with Gasteiger partial charge in [-0.2, -0.15) is 0 Å². The van der Waals surface area contributed by atoms with Crippen molar-refractivity contribution in [2.45, 2.75) is 26.8 Å². The molecule has 0 atom stereocenters. The molecule has 138 valence electrons. The molecule has 1 N–H and O–H groups in total. The molecular formula is C20H25N3O2S. The van der Waals surface area contributed by atoms with Crippen LogP contribution in [0.3, 0.4) is 0 Å². The number of benzene rings is 1. The van der Waals surface area contributed by atoms with Crippen LogP contribution in [0.4, 0.5) is 5.69 Å². The van der Waals surface area contributed by atoms with Gasteiger partial charge in [-0.05, 0) is 61.5 Å². The third-order valence-electron chi connectivity index (χ3n) is 4.72. The molecule has 1 aromatic heterocycles. The molecule has 1 aromatic carbocycles. The Morgan fingerprint density at radius 2 is 1.88 bits per heavy atom. The zero-order chi connectivity index (χ0) is 18.5. The lowest BCUT2D eigenvalue weighted by atomic mass is 10.1. The molecule has 2 aromatic rings. The second-order valence-electron chi connectivity index (χ2n) is 6.43. The number of hydrogen-bond acceptors (Lipinski definition) is 4. The first kappa shape index (κ1) is 18.6. The van der Waals surface area contributed by atoms with E-state index in [-0.39, 0.29) is 11.8 Å². The van der Waals surface area contributed by atoms with Gasteiger partial charge in [-0.25, -0.2) is 0 Å². The van der Waals surface area contributed by atoms with Crippen LogP contribution >= 0.6 is 11.3 Å². The molecule has 5 nitrogen and oxygen atoms in total. The van der Waals surface area contributed by atoms with Gasteiger partial charge in [0.15, 0.2) is 0 Å². The van der Waals surface area contributed by atoms with Crippen molar-refractivity contribution in [3.8, 4) is 0 Å². The molecule has 1 aliphatic heterocycles.